The first-order chi connectivity index (χ1) is 11.7. The molecular formula is C19H22O5. The summed E-state index contributed by atoms with van der Waals surface area (Å²) in [6, 6.07) is 11.0. The lowest BCUT2D eigenvalue weighted by Gasteiger charge is -2.18. The third kappa shape index (κ3) is 3.05. The van der Waals surface area contributed by atoms with Crippen molar-refractivity contribution in [2.45, 2.75) is 24.9 Å². The molecule has 128 valence electrons. The Balaban J connectivity index is 1.91. The van der Waals surface area contributed by atoms with Gasteiger partial charge in [0, 0.05) is 12.2 Å². The van der Waals surface area contributed by atoms with E-state index in [-0.39, 0.29) is 31.0 Å². The van der Waals surface area contributed by atoms with Crippen molar-refractivity contribution in [3.63, 3.8) is 0 Å². The molecule has 0 aromatic heterocycles. The standard InChI is InChI=1S/C19H22O5/c1-23-18-10-13(5-6-16(18)22)19-15(11-21)14-9-12(3-2-8-20)4-7-17(14)24-19/h4-7,9-10,15,19-22H,2-3,8,11H2,1H3/t15-,19-/m0/s1. The average Bonchev–Trinajstić information content (AvgIpc) is 2.98. The van der Waals surface area contributed by atoms with Crippen LogP contribution >= 0.6 is 0 Å². The Morgan fingerprint density at radius 2 is 1.96 bits per heavy atom. The van der Waals surface area contributed by atoms with E-state index in [1.807, 2.05) is 18.2 Å². The molecule has 1 aliphatic heterocycles. The first kappa shape index (κ1) is 16.6. The second-order valence-electron chi connectivity index (χ2n) is 5.96. The van der Waals surface area contributed by atoms with Crippen LogP contribution in [0.2, 0.25) is 0 Å². The Hall–Kier alpha value is -2.24. The van der Waals surface area contributed by atoms with Crippen molar-refractivity contribution in [1.82, 2.24) is 0 Å². The van der Waals surface area contributed by atoms with E-state index in [1.165, 1.54) is 7.11 Å². The third-order valence-corrected chi connectivity index (χ3v) is 4.45. The molecule has 0 unspecified atom stereocenters. The lowest BCUT2D eigenvalue weighted by molar-refractivity contribution is 0.159. The quantitative estimate of drug-likeness (QED) is 0.758. The highest BCUT2D eigenvalue weighted by Crippen LogP contribution is 2.47. The van der Waals surface area contributed by atoms with Gasteiger partial charge in [-0.3, -0.25) is 0 Å². The lowest BCUT2D eigenvalue weighted by Crippen LogP contribution is -2.13. The van der Waals surface area contributed by atoms with Crippen LogP contribution in [0, 0.1) is 0 Å². The van der Waals surface area contributed by atoms with E-state index in [1.54, 1.807) is 18.2 Å². The number of aliphatic hydroxyl groups is 2. The maximum atomic E-state index is 9.89. The minimum absolute atomic E-state index is 0.0374. The zero-order valence-corrected chi connectivity index (χ0v) is 13.6. The number of fused-ring (bicyclic) bond motifs is 1. The van der Waals surface area contributed by atoms with Crippen LogP contribution < -0.4 is 9.47 Å². The van der Waals surface area contributed by atoms with Gasteiger partial charge in [0.15, 0.2) is 11.5 Å². The molecular weight excluding hydrogens is 308 g/mol. The van der Waals surface area contributed by atoms with Gasteiger partial charge in [0.1, 0.15) is 11.9 Å². The average molecular weight is 330 g/mol. The number of aromatic hydroxyl groups is 1. The first-order valence-electron chi connectivity index (χ1n) is 8.06. The minimum Gasteiger partial charge on any atom is -0.504 e. The van der Waals surface area contributed by atoms with Crippen LogP contribution in [0.25, 0.3) is 0 Å². The first-order valence-corrected chi connectivity index (χ1v) is 8.06. The summed E-state index contributed by atoms with van der Waals surface area (Å²) in [4.78, 5) is 0. The molecule has 0 radical (unpaired) electrons. The number of hydrogen-bond donors (Lipinski definition) is 3. The van der Waals surface area contributed by atoms with E-state index in [0.29, 0.717) is 12.2 Å². The molecule has 2 aromatic rings. The Labute approximate surface area is 141 Å². The van der Waals surface area contributed by atoms with Gasteiger partial charge in [-0.1, -0.05) is 18.2 Å². The van der Waals surface area contributed by atoms with E-state index in [2.05, 4.69) is 0 Å². The number of phenolic OH excluding ortho intramolecular Hbond substituents is 1. The van der Waals surface area contributed by atoms with Crippen molar-refractivity contribution in [1.29, 1.82) is 0 Å². The monoisotopic (exact) mass is 330 g/mol. The Kier molecular flexibility index (Phi) is 4.92. The molecule has 0 fully saturated rings. The molecule has 2 atom stereocenters. The highest BCUT2D eigenvalue weighted by atomic mass is 16.5. The molecule has 1 aliphatic rings. The molecule has 24 heavy (non-hydrogen) atoms. The molecule has 2 aromatic carbocycles. The predicted molar refractivity (Wildman–Crippen MR) is 89.7 cm³/mol. The summed E-state index contributed by atoms with van der Waals surface area (Å²) in [5.74, 6) is 1.04. The van der Waals surface area contributed by atoms with E-state index < -0.39 is 0 Å². The van der Waals surface area contributed by atoms with Crippen LogP contribution in [0.5, 0.6) is 17.2 Å². The lowest BCUT2D eigenvalue weighted by atomic mass is 9.90. The third-order valence-electron chi connectivity index (χ3n) is 4.45. The van der Waals surface area contributed by atoms with Crippen molar-refractivity contribution in [3.8, 4) is 17.2 Å². The van der Waals surface area contributed by atoms with Gasteiger partial charge in [-0.15, -0.1) is 0 Å². The fraction of sp³-hybridized carbons (Fsp3) is 0.368. The van der Waals surface area contributed by atoms with Crippen LogP contribution in [0.4, 0.5) is 0 Å². The van der Waals surface area contributed by atoms with Crippen molar-refractivity contribution in [2.24, 2.45) is 0 Å². The second kappa shape index (κ2) is 7.11. The molecule has 1 heterocycles. The Bertz CT molecular complexity index is 713. The van der Waals surface area contributed by atoms with Crippen LogP contribution in [-0.4, -0.2) is 35.6 Å². The van der Waals surface area contributed by atoms with Gasteiger partial charge in [0.2, 0.25) is 0 Å². The smallest absolute Gasteiger partial charge is 0.160 e. The number of methoxy groups -OCH3 is 1. The van der Waals surface area contributed by atoms with E-state index in [4.69, 9.17) is 14.6 Å². The molecule has 0 saturated carbocycles. The number of phenols is 1. The number of benzene rings is 2. The summed E-state index contributed by atoms with van der Waals surface area (Å²) in [7, 11) is 1.50. The molecule has 0 aliphatic carbocycles. The normalized spacial score (nSPS) is 19.0. The van der Waals surface area contributed by atoms with Gasteiger partial charge in [0.05, 0.1) is 19.6 Å². The maximum Gasteiger partial charge on any atom is 0.160 e. The van der Waals surface area contributed by atoms with Crippen molar-refractivity contribution in [3.05, 3.63) is 53.1 Å². The molecule has 5 heteroatoms. The van der Waals surface area contributed by atoms with Crippen molar-refractivity contribution < 1.29 is 24.8 Å². The highest BCUT2D eigenvalue weighted by molar-refractivity contribution is 5.48. The molecule has 0 amide bonds. The fourth-order valence-corrected chi connectivity index (χ4v) is 3.18. The van der Waals surface area contributed by atoms with Crippen LogP contribution in [0.1, 0.15) is 35.1 Å². The summed E-state index contributed by atoms with van der Waals surface area (Å²) in [6.07, 6.45) is 1.18. The van der Waals surface area contributed by atoms with Crippen LogP contribution in [0.3, 0.4) is 0 Å². The second-order valence-corrected chi connectivity index (χ2v) is 5.96. The molecule has 0 bridgehead atoms. The van der Waals surface area contributed by atoms with Crippen LogP contribution in [0.15, 0.2) is 36.4 Å². The SMILES string of the molecule is COc1cc([C@@H]2Oc3ccc(CCCO)cc3[C@@H]2CO)ccc1O. The fourth-order valence-electron chi connectivity index (χ4n) is 3.18. The Morgan fingerprint density at radius 3 is 2.67 bits per heavy atom. The number of ether oxygens (including phenoxy) is 2. The maximum absolute atomic E-state index is 9.89. The number of aryl methyl sites for hydroxylation is 1. The number of aliphatic hydroxyl groups excluding tert-OH is 2. The summed E-state index contributed by atoms with van der Waals surface area (Å²) in [5.41, 5.74) is 2.94. The van der Waals surface area contributed by atoms with E-state index >= 15 is 0 Å². The number of rotatable bonds is 6. The van der Waals surface area contributed by atoms with Gasteiger partial charge in [-0.05, 0) is 42.2 Å². The molecule has 3 N–H and O–H groups in total. The van der Waals surface area contributed by atoms with Gasteiger partial charge in [0.25, 0.3) is 0 Å². The largest absolute Gasteiger partial charge is 0.504 e. The van der Waals surface area contributed by atoms with Crippen molar-refractivity contribution >= 4 is 0 Å². The Morgan fingerprint density at radius 1 is 1.12 bits per heavy atom. The zero-order chi connectivity index (χ0) is 17.1. The summed E-state index contributed by atoms with van der Waals surface area (Å²) >= 11 is 0. The number of hydrogen-bond acceptors (Lipinski definition) is 5. The minimum atomic E-state index is -0.326. The zero-order valence-electron chi connectivity index (χ0n) is 13.6. The van der Waals surface area contributed by atoms with E-state index in [0.717, 1.165) is 28.9 Å². The van der Waals surface area contributed by atoms with Crippen molar-refractivity contribution in [2.75, 3.05) is 20.3 Å². The topological polar surface area (TPSA) is 79.2 Å². The highest BCUT2D eigenvalue weighted by Gasteiger charge is 2.35. The summed E-state index contributed by atoms with van der Waals surface area (Å²) < 4.78 is 11.2. The van der Waals surface area contributed by atoms with Gasteiger partial charge < -0.3 is 24.8 Å². The summed E-state index contributed by atoms with van der Waals surface area (Å²) in [6.45, 7) is 0.122. The molecule has 5 nitrogen and oxygen atoms in total. The van der Waals surface area contributed by atoms with Gasteiger partial charge in [-0.2, -0.15) is 0 Å². The van der Waals surface area contributed by atoms with E-state index in [9.17, 15) is 10.2 Å². The van der Waals surface area contributed by atoms with Gasteiger partial charge in [-0.25, -0.2) is 0 Å². The van der Waals surface area contributed by atoms with Crippen LogP contribution in [-0.2, 0) is 6.42 Å². The predicted octanol–water partition coefficient (Wildman–Crippen LogP) is 2.54. The molecule has 0 spiro atoms. The van der Waals surface area contributed by atoms with Gasteiger partial charge >= 0.3 is 0 Å². The molecule has 3 rings (SSSR count). The summed E-state index contributed by atoms with van der Waals surface area (Å²) in [5, 5.41) is 28.6. The molecule has 0 saturated heterocycles.